The van der Waals surface area contributed by atoms with Gasteiger partial charge in [0.1, 0.15) is 11.8 Å². The summed E-state index contributed by atoms with van der Waals surface area (Å²) >= 11 is 18.0. The molecule has 2 amide bonds. The molecule has 2 aromatic carbocycles. The number of ether oxygens (including phenoxy) is 1. The fraction of sp³-hybridized carbons (Fsp3) is 0.391. The first-order valence-electron chi connectivity index (χ1n) is 10.2. The average Bonchev–Trinajstić information content (AvgIpc) is 2.75. The van der Waals surface area contributed by atoms with Crippen LogP contribution in [0.25, 0.3) is 0 Å². The van der Waals surface area contributed by atoms with Gasteiger partial charge in [-0.15, -0.1) is 0 Å². The van der Waals surface area contributed by atoms with E-state index in [1.165, 1.54) is 0 Å². The largest absolute Gasteiger partial charge is 0.494 e. The van der Waals surface area contributed by atoms with Gasteiger partial charge in [0.25, 0.3) is 0 Å². The first-order chi connectivity index (χ1) is 14.8. The lowest BCUT2D eigenvalue weighted by atomic mass is 10.1. The fourth-order valence-electron chi connectivity index (χ4n) is 3.13. The summed E-state index contributed by atoms with van der Waals surface area (Å²) < 4.78 is 5.67. The molecule has 1 N–H and O–H groups in total. The van der Waals surface area contributed by atoms with Crippen molar-refractivity contribution < 1.29 is 14.3 Å². The van der Waals surface area contributed by atoms with Gasteiger partial charge in [-0.25, -0.2) is 0 Å². The summed E-state index contributed by atoms with van der Waals surface area (Å²) in [6.45, 7) is 4.89. The van der Waals surface area contributed by atoms with Crippen LogP contribution in [0.15, 0.2) is 42.5 Å². The predicted molar refractivity (Wildman–Crippen MR) is 126 cm³/mol. The quantitative estimate of drug-likeness (QED) is 0.412. The number of benzene rings is 2. The molecule has 5 nitrogen and oxygen atoms in total. The van der Waals surface area contributed by atoms with Crippen molar-refractivity contribution in [2.24, 2.45) is 0 Å². The van der Waals surface area contributed by atoms with Crippen LogP contribution in [0.4, 0.5) is 0 Å². The number of hydrogen-bond acceptors (Lipinski definition) is 3. The normalized spacial score (nSPS) is 11.6. The summed E-state index contributed by atoms with van der Waals surface area (Å²) in [5, 5.41) is 4.31. The number of carbonyl (C=O) groups is 2. The first kappa shape index (κ1) is 25.3. The Morgan fingerprint density at radius 3 is 2.35 bits per heavy atom. The summed E-state index contributed by atoms with van der Waals surface area (Å²) in [6.07, 6.45) is 1.27. The summed E-state index contributed by atoms with van der Waals surface area (Å²) in [5.74, 6) is 0.401. The highest BCUT2D eigenvalue weighted by molar-refractivity contribution is 6.42. The third-order valence-electron chi connectivity index (χ3n) is 4.69. The maximum atomic E-state index is 13.1. The maximum absolute atomic E-state index is 13.1. The molecule has 0 aliphatic rings. The van der Waals surface area contributed by atoms with Gasteiger partial charge in [-0.2, -0.15) is 0 Å². The highest BCUT2D eigenvalue weighted by Gasteiger charge is 2.28. The smallest absolute Gasteiger partial charge is 0.242 e. The fourth-order valence-corrected chi connectivity index (χ4v) is 3.58. The average molecular weight is 486 g/mol. The third kappa shape index (κ3) is 7.91. The molecule has 0 bridgehead atoms. The van der Waals surface area contributed by atoms with Crippen LogP contribution in [0.3, 0.4) is 0 Å². The molecule has 0 aliphatic heterocycles. The number of carbonyl (C=O) groups excluding carboxylic acids is 2. The summed E-state index contributed by atoms with van der Waals surface area (Å²) in [5.41, 5.74) is 0.808. The van der Waals surface area contributed by atoms with Crippen molar-refractivity contribution in [1.29, 1.82) is 0 Å². The summed E-state index contributed by atoms with van der Waals surface area (Å²) in [6, 6.07) is 11.7. The van der Waals surface area contributed by atoms with Gasteiger partial charge in [-0.1, -0.05) is 47.8 Å². The van der Waals surface area contributed by atoms with Crippen LogP contribution in [-0.4, -0.2) is 35.9 Å². The van der Waals surface area contributed by atoms with E-state index in [4.69, 9.17) is 39.5 Å². The summed E-state index contributed by atoms with van der Waals surface area (Å²) in [4.78, 5) is 27.3. The summed E-state index contributed by atoms with van der Waals surface area (Å²) in [7, 11) is 0. The lowest BCUT2D eigenvalue weighted by Crippen LogP contribution is -2.49. The molecule has 2 rings (SSSR count). The van der Waals surface area contributed by atoms with Gasteiger partial charge in [0, 0.05) is 24.5 Å². The van der Waals surface area contributed by atoms with E-state index in [1.54, 1.807) is 41.3 Å². The van der Waals surface area contributed by atoms with Crippen molar-refractivity contribution in [2.45, 2.75) is 45.7 Å². The molecule has 8 heteroatoms. The monoisotopic (exact) mass is 484 g/mol. The van der Waals surface area contributed by atoms with E-state index in [9.17, 15) is 9.59 Å². The Morgan fingerprint density at radius 1 is 1.03 bits per heavy atom. The minimum atomic E-state index is -0.570. The molecule has 0 spiro atoms. The standard InChI is InChI=1S/C23H27Cl3N2O3/c1-3-21(23(30)27-4-2)28(15-16-7-12-19(25)20(26)14-16)22(29)6-5-13-31-18-10-8-17(24)9-11-18/h7-12,14,21H,3-6,13,15H2,1-2H3,(H,27,30)/t21-/m1/s1. The zero-order valence-corrected chi connectivity index (χ0v) is 19.9. The van der Waals surface area contributed by atoms with Crippen LogP contribution in [0, 0.1) is 0 Å². The molecule has 0 fully saturated rings. The third-order valence-corrected chi connectivity index (χ3v) is 5.68. The van der Waals surface area contributed by atoms with Crippen LogP contribution in [0.2, 0.25) is 15.1 Å². The molecule has 168 valence electrons. The number of likely N-dealkylation sites (N-methyl/N-ethyl adjacent to an activating group) is 1. The topological polar surface area (TPSA) is 58.6 Å². The number of halogens is 3. The van der Waals surface area contributed by atoms with Crippen LogP contribution in [0.5, 0.6) is 5.75 Å². The Bertz CT molecular complexity index is 875. The lowest BCUT2D eigenvalue weighted by Gasteiger charge is -2.30. The molecule has 0 radical (unpaired) electrons. The Hall–Kier alpha value is -1.95. The van der Waals surface area contributed by atoms with Crippen LogP contribution in [0.1, 0.15) is 38.7 Å². The van der Waals surface area contributed by atoms with Crippen molar-refractivity contribution in [3.05, 3.63) is 63.1 Å². The van der Waals surface area contributed by atoms with E-state index in [2.05, 4.69) is 5.32 Å². The molecular formula is C23H27Cl3N2O3. The van der Waals surface area contributed by atoms with Gasteiger partial charge in [0.05, 0.1) is 16.7 Å². The van der Waals surface area contributed by atoms with Gasteiger partial charge >= 0.3 is 0 Å². The lowest BCUT2D eigenvalue weighted by molar-refractivity contribution is -0.141. The maximum Gasteiger partial charge on any atom is 0.242 e. The Kier molecular flexibility index (Phi) is 10.4. The second-order valence-electron chi connectivity index (χ2n) is 6.99. The molecule has 0 heterocycles. The molecular weight excluding hydrogens is 459 g/mol. The molecule has 0 aliphatic carbocycles. The van der Waals surface area contributed by atoms with Crippen LogP contribution < -0.4 is 10.1 Å². The number of nitrogens with one attached hydrogen (secondary N) is 1. The second-order valence-corrected chi connectivity index (χ2v) is 8.25. The van der Waals surface area contributed by atoms with Crippen molar-refractivity contribution >= 4 is 46.6 Å². The molecule has 0 saturated heterocycles. The van der Waals surface area contributed by atoms with Crippen molar-refractivity contribution in [1.82, 2.24) is 10.2 Å². The van der Waals surface area contributed by atoms with Crippen molar-refractivity contribution in [3.63, 3.8) is 0 Å². The van der Waals surface area contributed by atoms with Crippen LogP contribution >= 0.6 is 34.8 Å². The number of amides is 2. The zero-order chi connectivity index (χ0) is 22.8. The number of nitrogens with zero attached hydrogens (tertiary/aromatic N) is 1. The SMILES string of the molecule is CCNC(=O)[C@@H](CC)N(Cc1ccc(Cl)c(Cl)c1)C(=O)CCCOc1ccc(Cl)cc1. The van der Waals surface area contributed by atoms with E-state index in [0.29, 0.717) is 46.8 Å². The van der Waals surface area contributed by atoms with Gasteiger partial charge in [0.15, 0.2) is 0 Å². The molecule has 0 unspecified atom stereocenters. The first-order valence-corrected chi connectivity index (χ1v) is 11.4. The van der Waals surface area contributed by atoms with Gasteiger partial charge < -0.3 is 15.0 Å². The van der Waals surface area contributed by atoms with E-state index in [-0.39, 0.29) is 24.8 Å². The van der Waals surface area contributed by atoms with E-state index < -0.39 is 6.04 Å². The molecule has 0 saturated carbocycles. The Labute approximate surface area is 198 Å². The van der Waals surface area contributed by atoms with E-state index >= 15 is 0 Å². The number of rotatable bonds is 11. The van der Waals surface area contributed by atoms with Crippen molar-refractivity contribution in [3.8, 4) is 5.75 Å². The highest BCUT2D eigenvalue weighted by Crippen LogP contribution is 2.24. The highest BCUT2D eigenvalue weighted by atomic mass is 35.5. The van der Waals surface area contributed by atoms with Crippen molar-refractivity contribution in [2.75, 3.05) is 13.2 Å². The van der Waals surface area contributed by atoms with Gasteiger partial charge in [0.2, 0.25) is 11.8 Å². The Balaban J connectivity index is 2.06. The van der Waals surface area contributed by atoms with Crippen LogP contribution in [-0.2, 0) is 16.1 Å². The minimum Gasteiger partial charge on any atom is -0.494 e. The predicted octanol–water partition coefficient (Wildman–Crippen LogP) is 5.75. The van der Waals surface area contributed by atoms with Gasteiger partial charge in [-0.3, -0.25) is 9.59 Å². The Morgan fingerprint density at radius 2 is 1.74 bits per heavy atom. The molecule has 2 aromatic rings. The second kappa shape index (κ2) is 12.8. The molecule has 31 heavy (non-hydrogen) atoms. The minimum absolute atomic E-state index is 0.121. The zero-order valence-electron chi connectivity index (χ0n) is 17.7. The number of hydrogen-bond donors (Lipinski definition) is 1. The molecule has 0 aromatic heterocycles. The molecule has 1 atom stereocenters. The van der Waals surface area contributed by atoms with E-state index in [1.807, 2.05) is 19.9 Å². The van der Waals surface area contributed by atoms with E-state index in [0.717, 1.165) is 5.56 Å². The van der Waals surface area contributed by atoms with Gasteiger partial charge in [-0.05, 0) is 61.7 Å².